The maximum Gasteiger partial charge on any atom is 0.255 e. The van der Waals surface area contributed by atoms with Gasteiger partial charge in [0.1, 0.15) is 34.8 Å². The van der Waals surface area contributed by atoms with Crippen LogP contribution in [-0.2, 0) is 4.79 Å². The van der Waals surface area contributed by atoms with E-state index in [2.05, 4.69) is 19.9 Å². The molecule has 4 aromatic rings. The lowest BCUT2D eigenvalue weighted by Crippen LogP contribution is -2.13. The fourth-order valence-corrected chi connectivity index (χ4v) is 3.42. The number of halogens is 1. The SMILES string of the molecule is O=C(Nc1cccc(Oc2ccc3nc(NC(=O)C4CC4)cn3c2)c1)c1cccc(OCl)c1. The molecule has 1 fully saturated rings. The Balaban J connectivity index is 1.28. The molecule has 2 aromatic heterocycles. The van der Waals surface area contributed by atoms with E-state index in [1.807, 2.05) is 0 Å². The summed E-state index contributed by atoms with van der Waals surface area (Å²) in [6.45, 7) is 0. The molecule has 0 radical (unpaired) electrons. The Morgan fingerprint density at radius 3 is 2.58 bits per heavy atom. The van der Waals surface area contributed by atoms with Crippen molar-refractivity contribution < 1.29 is 18.6 Å². The molecule has 2 heterocycles. The summed E-state index contributed by atoms with van der Waals surface area (Å²) < 4.78 is 12.4. The fraction of sp³-hybridized carbons (Fsp3) is 0.125. The molecular formula is C24H19ClN4O4. The van der Waals surface area contributed by atoms with Gasteiger partial charge >= 0.3 is 0 Å². The number of pyridine rings is 1. The van der Waals surface area contributed by atoms with Gasteiger partial charge in [-0.05, 0) is 55.3 Å². The molecule has 9 heteroatoms. The second kappa shape index (κ2) is 8.84. The third-order valence-electron chi connectivity index (χ3n) is 5.14. The summed E-state index contributed by atoms with van der Waals surface area (Å²) in [4.78, 5) is 28.9. The monoisotopic (exact) mass is 462 g/mol. The normalized spacial score (nSPS) is 12.9. The number of hydrogen-bond donors (Lipinski definition) is 2. The summed E-state index contributed by atoms with van der Waals surface area (Å²) in [6.07, 6.45) is 5.39. The van der Waals surface area contributed by atoms with Crippen LogP contribution in [-0.4, -0.2) is 21.2 Å². The first-order chi connectivity index (χ1) is 16.1. The minimum Gasteiger partial charge on any atom is -0.456 e. The van der Waals surface area contributed by atoms with Crippen LogP contribution in [0.1, 0.15) is 23.2 Å². The van der Waals surface area contributed by atoms with E-state index < -0.39 is 0 Å². The number of amides is 2. The number of benzene rings is 2. The highest BCUT2D eigenvalue weighted by Crippen LogP contribution is 2.30. The molecular weight excluding hydrogens is 444 g/mol. The quantitative estimate of drug-likeness (QED) is 0.390. The topological polar surface area (TPSA) is 94.0 Å². The highest BCUT2D eigenvalue weighted by Gasteiger charge is 2.30. The van der Waals surface area contributed by atoms with Crippen molar-refractivity contribution in [2.45, 2.75) is 12.8 Å². The van der Waals surface area contributed by atoms with E-state index >= 15 is 0 Å². The van der Waals surface area contributed by atoms with Gasteiger partial charge in [0.25, 0.3) is 5.91 Å². The first kappa shape index (κ1) is 20.8. The van der Waals surface area contributed by atoms with E-state index in [0.29, 0.717) is 40.0 Å². The third-order valence-corrected chi connectivity index (χ3v) is 5.31. The molecule has 2 aromatic carbocycles. The van der Waals surface area contributed by atoms with Crippen LogP contribution >= 0.6 is 11.9 Å². The van der Waals surface area contributed by atoms with E-state index in [4.69, 9.17) is 16.6 Å². The first-order valence-corrected chi connectivity index (χ1v) is 10.7. The number of ether oxygens (including phenoxy) is 1. The largest absolute Gasteiger partial charge is 0.456 e. The number of nitrogens with zero attached hydrogens (tertiary/aromatic N) is 2. The molecule has 1 aliphatic carbocycles. The Labute approximate surface area is 194 Å². The lowest BCUT2D eigenvalue weighted by molar-refractivity contribution is -0.117. The van der Waals surface area contributed by atoms with Gasteiger partial charge in [0.2, 0.25) is 5.91 Å². The maximum absolute atomic E-state index is 12.5. The minimum absolute atomic E-state index is 0.00986. The standard InChI is InChI=1S/C24H19ClN4O4/c25-33-19-6-1-3-16(11-19)24(31)26-17-4-2-5-18(12-17)32-20-9-10-22-27-21(14-29(22)13-20)28-23(30)15-7-8-15/h1-6,9-15H,7-8H2,(H,26,31)(H,28,30). The van der Waals surface area contributed by atoms with Gasteiger partial charge < -0.3 is 24.1 Å². The van der Waals surface area contributed by atoms with Crippen LogP contribution in [0.3, 0.4) is 0 Å². The first-order valence-electron chi connectivity index (χ1n) is 10.3. The van der Waals surface area contributed by atoms with Crippen LogP contribution in [0.2, 0.25) is 0 Å². The molecule has 5 rings (SSSR count). The molecule has 33 heavy (non-hydrogen) atoms. The van der Waals surface area contributed by atoms with Crippen molar-refractivity contribution in [3.8, 4) is 17.2 Å². The maximum atomic E-state index is 12.5. The van der Waals surface area contributed by atoms with Crippen LogP contribution in [0, 0.1) is 5.92 Å². The number of hydrogen-bond acceptors (Lipinski definition) is 5. The highest BCUT2D eigenvalue weighted by atomic mass is 35.5. The second-order valence-corrected chi connectivity index (χ2v) is 7.86. The number of carbonyl (C=O) groups excluding carboxylic acids is 2. The van der Waals surface area contributed by atoms with E-state index in [-0.39, 0.29) is 17.7 Å². The molecule has 2 amide bonds. The molecule has 1 saturated carbocycles. The van der Waals surface area contributed by atoms with Crippen molar-refractivity contribution >= 4 is 40.8 Å². The number of anilines is 2. The summed E-state index contributed by atoms with van der Waals surface area (Å²) in [5, 5.41) is 5.67. The number of nitrogens with one attached hydrogen (secondary N) is 2. The number of imidazole rings is 1. The number of rotatable bonds is 7. The van der Waals surface area contributed by atoms with Gasteiger partial charge in [-0.2, -0.15) is 0 Å². The summed E-state index contributed by atoms with van der Waals surface area (Å²) in [5.74, 6) is 1.84. The molecule has 0 unspecified atom stereocenters. The zero-order valence-corrected chi connectivity index (χ0v) is 18.1. The Morgan fingerprint density at radius 1 is 0.939 bits per heavy atom. The van der Waals surface area contributed by atoms with Crippen LogP contribution in [0.25, 0.3) is 5.65 Å². The van der Waals surface area contributed by atoms with Gasteiger partial charge in [0.05, 0.1) is 12.4 Å². The molecule has 0 saturated heterocycles. The summed E-state index contributed by atoms with van der Waals surface area (Å²) in [5.41, 5.74) is 1.68. The van der Waals surface area contributed by atoms with Crippen molar-refractivity contribution in [1.29, 1.82) is 0 Å². The molecule has 8 nitrogen and oxygen atoms in total. The molecule has 0 spiro atoms. The van der Waals surface area contributed by atoms with Crippen molar-refractivity contribution in [1.82, 2.24) is 9.38 Å². The zero-order chi connectivity index (χ0) is 22.8. The van der Waals surface area contributed by atoms with Crippen molar-refractivity contribution in [3.63, 3.8) is 0 Å². The highest BCUT2D eigenvalue weighted by molar-refractivity contribution is 6.09. The van der Waals surface area contributed by atoms with Gasteiger partial charge in [-0.1, -0.05) is 12.1 Å². The fourth-order valence-electron chi connectivity index (χ4n) is 3.33. The van der Waals surface area contributed by atoms with Crippen LogP contribution < -0.4 is 19.7 Å². The van der Waals surface area contributed by atoms with Crippen LogP contribution in [0.5, 0.6) is 17.2 Å². The minimum atomic E-state index is -0.302. The van der Waals surface area contributed by atoms with Crippen LogP contribution in [0.15, 0.2) is 73.1 Å². The van der Waals surface area contributed by atoms with Gasteiger partial charge in [-0.25, -0.2) is 4.98 Å². The van der Waals surface area contributed by atoms with E-state index in [1.165, 1.54) is 0 Å². The molecule has 0 aliphatic heterocycles. The van der Waals surface area contributed by atoms with Crippen molar-refractivity contribution in [3.05, 3.63) is 78.6 Å². The average molecular weight is 463 g/mol. The van der Waals surface area contributed by atoms with Crippen molar-refractivity contribution in [2.75, 3.05) is 10.6 Å². The molecule has 0 atom stereocenters. The van der Waals surface area contributed by atoms with Crippen molar-refractivity contribution in [2.24, 2.45) is 5.92 Å². The van der Waals surface area contributed by atoms with E-state index in [9.17, 15) is 9.59 Å². The lowest BCUT2D eigenvalue weighted by Gasteiger charge is -2.09. The molecule has 166 valence electrons. The summed E-state index contributed by atoms with van der Waals surface area (Å²) in [6, 6.07) is 17.2. The average Bonchev–Trinajstić information content (AvgIpc) is 3.60. The Hall–Kier alpha value is -4.04. The smallest absolute Gasteiger partial charge is 0.255 e. The van der Waals surface area contributed by atoms with Gasteiger partial charge in [-0.3, -0.25) is 9.59 Å². The van der Waals surface area contributed by atoms with Gasteiger partial charge in [0, 0.05) is 23.2 Å². The summed E-state index contributed by atoms with van der Waals surface area (Å²) in [7, 11) is 0. The predicted molar refractivity (Wildman–Crippen MR) is 124 cm³/mol. The Bertz CT molecular complexity index is 1350. The summed E-state index contributed by atoms with van der Waals surface area (Å²) >= 11 is 5.36. The predicted octanol–water partition coefficient (Wildman–Crippen LogP) is 5.26. The Kier molecular flexibility index (Phi) is 5.58. The lowest BCUT2D eigenvalue weighted by atomic mass is 10.2. The second-order valence-electron chi connectivity index (χ2n) is 7.71. The Morgan fingerprint density at radius 2 is 1.76 bits per heavy atom. The number of carbonyl (C=O) groups is 2. The van der Waals surface area contributed by atoms with Crippen LogP contribution in [0.4, 0.5) is 11.5 Å². The number of aromatic nitrogens is 2. The molecule has 0 bridgehead atoms. The van der Waals surface area contributed by atoms with E-state index in [1.54, 1.807) is 77.5 Å². The molecule has 2 N–H and O–H groups in total. The third kappa shape index (κ3) is 4.91. The van der Waals surface area contributed by atoms with Gasteiger partial charge in [0.15, 0.2) is 5.82 Å². The molecule has 1 aliphatic rings. The number of fused-ring (bicyclic) bond motifs is 1. The van der Waals surface area contributed by atoms with Gasteiger partial charge in [-0.15, -0.1) is 0 Å². The zero-order valence-electron chi connectivity index (χ0n) is 17.3. The van der Waals surface area contributed by atoms with E-state index in [0.717, 1.165) is 12.8 Å².